The third-order valence-electron chi connectivity index (χ3n) is 3.73. The number of hydrogen-bond donors (Lipinski definition) is 1. The summed E-state index contributed by atoms with van der Waals surface area (Å²) in [6.45, 7) is 0. The number of carbonyl (C=O) groups is 1. The summed E-state index contributed by atoms with van der Waals surface area (Å²) in [5, 5.41) is 9.57. The molecule has 0 heterocycles. The van der Waals surface area contributed by atoms with E-state index in [1.54, 1.807) is 0 Å². The largest absolute Gasteiger partial charge is 0.481 e. The summed E-state index contributed by atoms with van der Waals surface area (Å²) < 4.78 is 0. The molecule has 1 N–H and O–H groups in total. The van der Waals surface area contributed by atoms with E-state index in [9.17, 15) is 9.90 Å². The highest BCUT2D eigenvalue weighted by Gasteiger charge is 2.21. The molecule has 0 fully saturated rings. The zero-order chi connectivity index (χ0) is 15.4. The van der Waals surface area contributed by atoms with Crippen LogP contribution in [-0.2, 0) is 4.79 Å². The van der Waals surface area contributed by atoms with Gasteiger partial charge in [0.15, 0.2) is 0 Å². The van der Waals surface area contributed by atoms with Gasteiger partial charge in [-0.3, -0.25) is 4.79 Å². The third kappa shape index (κ3) is 2.91. The molecule has 0 aliphatic carbocycles. The van der Waals surface area contributed by atoms with Gasteiger partial charge in [0.25, 0.3) is 0 Å². The Bertz CT molecular complexity index is 747. The topological polar surface area (TPSA) is 37.3 Å². The summed E-state index contributed by atoms with van der Waals surface area (Å²) in [5.41, 5.74) is 3.79. The van der Waals surface area contributed by atoms with Crippen molar-refractivity contribution in [1.29, 1.82) is 0 Å². The summed E-state index contributed by atoms with van der Waals surface area (Å²) in [7, 11) is 0. The Kier molecular flexibility index (Phi) is 4.01. The molecule has 108 valence electrons. The van der Waals surface area contributed by atoms with E-state index in [-0.39, 0.29) is 0 Å². The van der Waals surface area contributed by atoms with Crippen LogP contribution in [0.1, 0.15) is 17.0 Å². The number of carboxylic acid groups (broad SMARTS) is 1. The van der Waals surface area contributed by atoms with Gasteiger partial charge in [-0.05, 0) is 22.3 Å². The highest BCUT2D eigenvalue weighted by molar-refractivity contribution is 5.80. The molecule has 0 spiro atoms. The molecule has 0 saturated carbocycles. The lowest BCUT2D eigenvalue weighted by Gasteiger charge is -2.14. The average molecular weight is 288 g/mol. The summed E-state index contributed by atoms with van der Waals surface area (Å²) in [5.74, 6) is -1.47. The van der Waals surface area contributed by atoms with Crippen LogP contribution in [0.5, 0.6) is 0 Å². The fraction of sp³-hybridized carbons (Fsp3) is 0.0500. The van der Waals surface area contributed by atoms with Crippen molar-refractivity contribution in [2.24, 2.45) is 0 Å². The van der Waals surface area contributed by atoms with E-state index in [2.05, 4.69) is 0 Å². The van der Waals surface area contributed by atoms with Crippen molar-refractivity contribution in [3.05, 3.63) is 96.1 Å². The molecule has 3 aromatic carbocycles. The molecule has 2 nitrogen and oxygen atoms in total. The van der Waals surface area contributed by atoms with E-state index in [0.29, 0.717) is 0 Å². The Labute approximate surface area is 129 Å². The van der Waals surface area contributed by atoms with Gasteiger partial charge in [-0.15, -0.1) is 0 Å². The van der Waals surface area contributed by atoms with Crippen molar-refractivity contribution in [2.45, 2.75) is 5.92 Å². The van der Waals surface area contributed by atoms with Crippen molar-refractivity contribution in [3.63, 3.8) is 0 Å². The lowest BCUT2D eigenvalue weighted by Crippen LogP contribution is -2.12. The first kappa shape index (κ1) is 14.1. The molecule has 22 heavy (non-hydrogen) atoms. The van der Waals surface area contributed by atoms with E-state index in [4.69, 9.17) is 0 Å². The van der Waals surface area contributed by atoms with Gasteiger partial charge in [-0.2, -0.15) is 0 Å². The van der Waals surface area contributed by atoms with E-state index in [1.165, 1.54) is 0 Å². The van der Waals surface area contributed by atoms with Gasteiger partial charge in [0.1, 0.15) is 5.92 Å². The molecule has 3 rings (SSSR count). The van der Waals surface area contributed by atoms with Crippen molar-refractivity contribution in [2.75, 3.05) is 0 Å². The minimum absolute atomic E-state index is 0.633. The van der Waals surface area contributed by atoms with Crippen molar-refractivity contribution < 1.29 is 9.90 Å². The van der Waals surface area contributed by atoms with Crippen LogP contribution >= 0.6 is 0 Å². The molecular weight excluding hydrogens is 272 g/mol. The zero-order valence-electron chi connectivity index (χ0n) is 12.0. The molecule has 0 amide bonds. The second-order valence-corrected chi connectivity index (χ2v) is 5.17. The SMILES string of the molecule is O=C(O)[C@H](c1ccccc1)c1ccc(-c2ccccc2)cc1. The predicted octanol–water partition coefficient (Wildman–Crippen LogP) is 4.57. The first-order chi connectivity index (χ1) is 10.8. The third-order valence-corrected chi connectivity index (χ3v) is 3.73. The summed E-state index contributed by atoms with van der Waals surface area (Å²) in [4.78, 5) is 11.7. The van der Waals surface area contributed by atoms with Gasteiger partial charge >= 0.3 is 5.97 Å². The first-order valence-electron chi connectivity index (χ1n) is 7.19. The van der Waals surface area contributed by atoms with Gasteiger partial charge < -0.3 is 5.11 Å². The molecule has 0 bridgehead atoms. The lowest BCUT2D eigenvalue weighted by atomic mass is 9.90. The van der Waals surface area contributed by atoms with Crippen molar-refractivity contribution in [1.82, 2.24) is 0 Å². The number of carboxylic acids is 1. The van der Waals surface area contributed by atoms with Crippen LogP contribution in [0, 0.1) is 0 Å². The van der Waals surface area contributed by atoms with Crippen LogP contribution in [-0.4, -0.2) is 11.1 Å². The van der Waals surface area contributed by atoms with Crippen LogP contribution in [0.2, 0.25) is 0 Å². The number of rotatable bonds is 4. The molecule has 0 aromatic heterocycles. The Morgan fingerprint density at radius 1 is 0.636 bits per heavy atom. The Morgan fingerprint density at radius 3 is 1.64 bits per heavy atom. The van der Waals surface area contributed by atoms with Crippen LogP contribution in [0.15, 0.2) is 84.9 Å². The molecule has 0 aliphatic heterocycles. The lowest BCUT2D eigenvalue weighted by molar-refractivity contribution is -0.137. The molecular formula is C20H16O2. The number of benzene rings is 3. The fourth-order valence-electron chi connectivity index (χ4n) is 2.62. The molecule has 3 aromatic rings. The Balaban J connectivity index is 1.95. The molecule has 0 radical (unpaired) electrons. The molecule has 2 heteroatoms. The second-order valence-electron chi connectivity index (χ2n) is 5.17. The van der Waals surface area contributed by atoms with Crippen LogP contribution in [0.3, 0.4) is 0 Å². The Morgan fingerprint density at radius 2 is 1.09 bits per heavy atom. The van der Waals surface area contributed by atoms with E-state index in [0.717, 1.165) is 22.3 Å². The minimum Gasteiger partial charge on any atom is -0.481 e. The molecule has 0 saturated heterocycles. The molecule has 1 atom stereocenters. The van der Waals surface area contributed by atoms with Crippen LogP contribution < -0.4 is 0 Å². The van der Waals surface area contributed by atoms with Gasteiger partial charge in [-0.1, -0.05) is 84.9 Å². The second kappa shape index (κ2) is 6.27. The summed E-state index contributed by atoms with van der Waals surface area (Å²) in [6, 6.07) is 27.1. The highest BCUT2D eigenvalue weighted by atomic mass is 16.4. The maximum absolute atomic E-state index is 11.7. The van der Waals surface area contributed by atoms with Crippen LogP contribution in [0.25, 0.3) is 11.1 Å². The maximum Gasteiger partial charge on any atom is 0.315 e. The molecule has 0 unspecified atom stereocenters. The van der Waals surface area contributed by atoms with E-state index >= 15 is 0 Å². The van der Waals surface area contributed by atoms with Gasteiger partial charge in [0.2, 0.25) is 0 Å². The smallest absolute Gasteiger partial charge is 0.315 e. The highest BCUT2D eigenvalue weighted by Crippen LogP contribution is 2.27. The fourth-order valence-corrected chi connectivity index (χ4v) is 2.62. The maximum atomic E-state index is 11.7. The number of aliphatic carboxylic acids is 1. The number of hydrogen-bond acceptors (Lipinski definition) is 1. The van der Waals surface area contributed by atoms with Crippen molar-refractivity contribution in [3.8, 4) is 11.1 Å². The van der Waals surface area contributed by atoms with Gasteiger partial charge in [0, 0.05) is 0 Å². The van der Waals surface area contributed by atoms with E-state index < -0.39 is 11.9 Å². The minimum atomic E-state index is -0.835. The van der Waals surface area contributed by atoms with Crippen LogP contribution in [0.4, 0.5) is 0 Å². The monoisotopic (exact) mass is 288 g/mol. The molecule has 0 aliphatic rings. The normalized spacial score (nSPS) is 11.8. The standard InChI is InChI=1S/C20H16O2/c21-20(22)19(17-9-5-2-6-10-17)18-13-11-16(12-14-18)15-7-3-1-4-8-15/h1-14,19H,(H,21,22)/t19-/m1/s1. The quantitative estimate of drug-likeness (QED) is 0.763. The van der Waals surface area contributed by atoms with E-state index in [1.807, 2.05) is 84.9 Å². The zero-order valence-corrected chi connectivity index (χ0v) is 12.0. The predicted molar refractivity (Wildman–Crippen MR) is 87.8 cm³/mol. The first-order valence-corrected chi connectivity index (χ1v) is 7.19. The average Bonchev–Trinajstić information content (AvgIpc) is 2.57. The summed E-state index contributed by atoms with van der Waals surface area (Å²) in [6.07, 6.45) is 0. The summed E-state index contributed by atoms with van der Waals surface area (Å²) >= 11 is 0. The van der Waals surface area contributed by atoms with Crippen molar-refractivity contribution >= 4 is 5.97 Å². The Hall–Kier alpha value is -2.87. The van der Waals surface area contributed by atoms with Gasteiger partial charge in [0.05, 0.1) is 0 Å². The van der Waals surface area contributed by atoms with Gasteiger partial charge in [-0.25, -0.2) is 0 Å².